The van der Waals surface area contributed by atoms with E-state index in [1.54, 1.807) is 7.11 Å². The summed E-state index contributed by atoms with van der Waals surface area (Å²) in [7, 11) is 1.66. The summed E-state index contributed by atoms with van der Waals surface area (Å²) in [6.07, 6.45) is 0. The van der Waals surface area contributed by atoms with Gasteiger partial charge >= 0.3 is 0 Å². The van der Waals surface area contributed by atoms with E-state index in [0.29, 0.717) is 6.61 Å². The van der Waals surface area contributed by atoms with Crippen LogP contribution in [0.5, 0.6) is 11.5 Å². The third kappa shape index (κ3) is 4.32. The zero-order valence-electron chi connectivity index (χ0n) is 14.8. The predicted octanol–water partition coefficient (Wildman–Crippen LogP) is 1.70. The van der Waals surface area contributed by atoms with Crippen molar-refractivity contribution in [1.82, 2.24) is 4.90 Å². The third-order valence-electron chi connectivity index (χ3n) is 4.47. The molecular formula is C19H25N2O3S+. The molecule has 6 heteroatoms. The number of quaternary nitrogens is 1. The fourth-order valence-corrected chi connectivity index (χ4v) is 3.84. The van der Waals surface area contributed by atoms with Crippen LogP contribution in [0.15, 0.2) is 35.7 Å². The normalized spacial score (nSPS) is 15.2. The Morgan fingerprint density at radius 2 is 2.04 bits per heavy atom. The van der Waals surface area contributed by atoms with Crippen molar-refractivity contribution in [2.75, 3.05) is 39.9 Å². The standard InChI is InChI=1S/C19H24N2O3S/c1-3-24-17-13-15(6-7-16(17)23-2)14-20-8-10-21(11-9-20)19(22)18-5-4-12-25-18/h4-7,12-13H,3,8-11,14H2,1-2H3/p+1. The highest BCUT2D eigenvalue weighted by Crippen LogP contribution is 2.27. The molecule has 3 rings (SSSR count). The Morgan fingerprint density at radius 3 is 2.68 bits per heavy atom. The molecule has 1 saturated heterocycles. The smallest absolute Gasteiger partial charge is 0.264 e. The van der Waals surface area contributed by atoms with Gasteiger partial charge in [0, 0.05) is 5.56 Å². The van der Waals surface area contributed by atoms with Gasteiger partial charge in [-0.05, 0) is 36.6 Å². The molecule has 2 heterocycles. The van der Waals surface area contributed by atoms with E-state index < -0.39 is 0 Å². The number of benzene rings is 1. The molecule has 0 aliphatic carbocycles. The number of rotatable bonds is 6. The highest BCUT2D eigenvalue weighted by molar-refractivity contribution is 7.12. The first-order valence-corrected chi connectivity index (χ1v) is 9.55. The van der Waals surface area contributed by atoms with Gasteiger partial charge in [-0.1, -0.05) is 6.07 Å². The summed E-state index contributed by atoms with van der Waals surface area (Å²) >= 11 is 1.51. The lowest BCUT2D eigenvalue weighted by Gasteiger charge is -2.32. The quantitative estimate of drug-likeness (QED) is 0.852. The van der Waals surface area contributed by atoms with Gasteiger partial charge in [0.15, 0.2) is 11.5 Å². The Morgan fingerprint density at radius 1 is 1.24 bits per heavy atom. The first-order valence-electron chi connectivity index (χ1n) is 8.67. The minimum absolute atomic E-state index is 0.164. The topological polar surface area (TPSA) is 43.2 Å². The van der Waals surface area contributed by atoms with E-state index in [2.05, 4.69) is 12.1 Å². The van der Waals surface area contributed by atoms with Crippen molar-refractivity contribution >= 4 is 17.2 Å². The number of carbonyl (C=O) groups is 1. The maximum atomic E-state index is 12.4. The molecule has 0 atom stereocenters. The highest BCUT2D eigenvalue weighted by Gasteiger charge is 2.25. The van der Waals surface area contributed by atoms with Gasteiger partial charge < -0.3 is 19.3 Å². The molecule has 0 spiro atoms. The van der Waals surface area contributed by atoms with Crippen LogP contribution in [-0.4, -0.2) is 50.7 Å². The van der Waals surface area contributed by atoms with Crippen LogP contribution in [-0.2, 0) is 6.54 Å². The van der Waals surface area contributed by atoms with Crippen LogP contribution >= 0.6 is 11.3 Å². The van der Waals surface area contributed by atoms with Crippen LogP contribution in [0, 0.1) is 0 Å². The Hall–Kier alpha value is -2.05. The summed E-state index contributed by atoms with van der Waals surface area (Å²) in [6, 6.07) is 9.96. The predicted molar refractivity (Wildman–Crippen MR) is 98.8 cm³/mol. The van der Waals surface area contributed by atoms with Crippen molar-refractivity contribution in [3.63, 3.8) is 0 Å². The van der Waals surface area contributed by atoms with Crippen molar-refractivity contribution in [2.45, 2.75) is 13.5 Å². The van der Waals surface area contributed by atoms with E-state index in [1.807, 2.05) is 35.4 Å². The number of thiophene rings is 1. The average Bonchev–Trinajstić information content (AvgIpc) is 3.17. The molecule has 1 N–H and O–H groups in total. The lowest BCUT2D eigenvalue weighted by Crippen LogP contribution is -3.13. The molecule has 134 valence electrons. The molecule has 1 aliphatic heterocycles. The molecule has 0 saturated carbocycles. The number of hydrogen-bond acceptors (Lipinski definition) is 4. The summed E-state index contributed by atoms with van der Waals surface area (Å²) in [6.45, 7) is 7.07. The van der Waals surface area contributed by atoms with E-state index in [9.17, 15) is 4.79 Å². The van der Waals surface area contributed by atoms with E-state index in [1.165, 1.54) is 21.8 Å². The molecule has 1 aromatic carbocycles. The van der Waals surface area contributed by atoms with Gasteiger partial charge in [0.1, 0.15) is 6.54 Å². The maximum Gasteiger partial charge on any atom is 0.264 e. The van der Waals surface area contributed by atoms with Crippen molar-refractivity contribution in [3.8, 4) is 11.5 Å². The lowest BCUT2D eigenvalue weighted by atomic mass is 10.1. The lowest BCUT2D eigenvalue weighted by molar-refractivity contribution is -0.917. The number of ether oxygens (including phenoxy) is 2. The fraction of sp³-hybridized carbons (Fsp3) is 0.421. The second kappa shape index (κ2) is 8.36. The molecule has 25 heavy (non-hydrogen) atoms. The Bertz CT molecular complexity index is 695. The number of methoxy groups -OCH3 is 1. The van der Waals surface area contributed by atoms with Crippen LogP contribution in [0.3, 0.4) is 0 Å². The van der Waals surface area contributed by atoms with Gasteiger partial charge in [0.2, 0.25) is 0 Å². The van der Waals surface area contributed by atoms with Gasteiger partial charge in [0.05, 0.1) is 44.8 Å². The molecule has 1 amide bonds. The molecule has 0 bridgehead atoms. The van der Waals surface area contributed by atoms with E-state index in [-0.39, 0.29) is 5.91 Å². The SMILES string of the molecule is CCOc1cc(C[NH+]2CCN(C(=O)c3cccs3)CC2)ccc1OC. The number of amides is 1. The largest absolute Gasteiger partial charge is 0.493 e. The Kier molecular flexibility index (Phi) is 5.94. The summed E-state index contributed by atoms with van der Waals surface area (Å²) < 4.78 is 11.0. The zero-order chi connectivity index (χ0) is 17.6. The molecule has 5 nitrogen and oxygen atoms in total. The third-order valence-corrected chi connectivity index (χ3v) is 5.33. The number of piperazine rings is 1. The molecular weight excluding hydrogens is 336 g/mol. The highest BCUT2D eigenvalue weighted by atomic mass is 32.1. The van der Waals surface area contributed by atoms with E-state index >= 15 is 0 Å². The Labute approximate surface area is 152 Å². The number of nitrogens with one attached hydrogen (secondary N) is 1. The van der Waals surface area contributed by atoms with Crippen LogP contribution in [0.25, 0.3) is 0 Å². The van der Waals surface area contributed by atoms with E-state index in [0.717, 1.165) is 49.1 Å². The second-order valence-electron chi connectivity index (χ2n) is 6.11. The Balaban J connectivity index is 1.57. The molecule has 1 aromatic heterocycles. The fourth-order valence-electron chi connectivity index (χ4n) is 3.15. The van der Waals surface area contributed by atoms with Crippen molar-refractivity contribution < 1.29 is 19.2 Å². The van der Waals surface area contributed by atoms with E-state index in [4.69, 9.17) is 9.47 Å². The summed E-state index contributed by atoms with van der Waals surface area (Å²) in [5.74, 6) is 1.73. The average molecular weight is 361 g/mol. The van der Waals surface area contributed by atoms with Crippen LogP contribution in [0.1, 0.15) is 22.2 Å². The van der Waals surface area contributed by atoms with Crippen LogP contribution in [0.4, 0.5) is 0 Å². The number of hydrogen-bond donors (Lipinski definition) is 1. The van der Waals surface area contributed by atoms with Crippen molar-refractivity contribution in [2.24, 2.45) is 0 Å². The van der Waals surface area contributed by atoms with Gasteiger partial charge in [-0.15, -0.1) is 11.3 Å². The molecule has 1 aliphatic rings. The number of nitrogens with zero attached hydrogens (tertiary/aromatic N) is 1. The minimum Gasteiger partial charge on any atom is -0.493 e. The van der Waals surface area contributed by atoms with Crippen molar-refractivity contribution in [3.05, 3.63) is 46.2 Å². The zero-order valence-corrected chi connectivity index (χ0v) is 15.6. The summed E-state index contributed by atoms with van der Waals surface area (Å²) in [5.41, 5.74) is 1.23. The minimum atomic E-state index is 0.164. The van der Waals surface area contributed by atoms with Gasteiger partial charge in [-0.25, -0.2) is 0 Å². The molecule has 0 radical (unpaired) electrons. The molecule has 0 unspecified atom stereocenters. The molecule has 1 fully saturated rings. The first-order chi connectivity index (χ1) is 12.2. The number of carbonyl (C=O) groups excluding carboxylic acids is 1. The van der Waals surface area contributed by atoms with Gasteiger partial charge in [0.25, 0.3) is 5.91 Å². The molecule has 2 aromatic rings. The maximum absolute atomic E-state index is 12.4. The second-order valence-corrected chi connectivity index (χ2v) is 7.06. The van der Waals surface area contributed by atoms with Crippen LogP contribution in [0.2, 0.25) is 0 Å². The van der Waals surface area contributed by atoms with Crippen molar-refractivity contribution in [1.29, 1.82) is 0 Å². The summed E-state index contributed by atoms with van der Waals surface area (Å²) in [5, 5.41) is 1.95. The summed E-state index contributed by atoms with van der Waals surface area (Å²) in [4.78, 5) is 16.7. The van der Waals surface area contributed by atoms with Gasteiger partial charge in [-0.2, -0.15) is 0 Å². The monoisotopic (exact) mass is 361 g/mol. The van der Waals surface area contributed by atoms with Gasteiger partial charge in [-0.3, -0.25) is 4.79 Å². The first kappa shape index (κ1) is 17.8. The van der Waals surface area contributed by atoms with Crippen LogP contribution < -0.4 is 14.4 Å².